The summed E-state index contributed by atoms with van der Waals surface area (Å²) in [6.07, 6.45) is 0. The fourth-order valence-electron chi connectivity index (χ4n) is 2.81. The quantitative estimate of drug-likeness (QED) is 0.660. The maximum absolute atomic E-state index is 12.7. The zero-order valence-electron chi connectivity index (χ0n) is 15.3. The van der Waals surface area contributed by atoms with Crippen molar-refractivity contribution in [1.29, 1.82) is 5.26 Å². The molecule has 2 atom stereocenters. The molecule has 0 aliphatic heterocycles. The van der Waals surface area contributed by atoms with Gasteiger partial charge in [-0.3, -0.25) is 10.1 Å². The first-order chi connectivity index (χ1) is 13.1. The molecule has 3 aromatic rings. The van der Waals surface area contributed by atoms with E-state index >= 15 is 0 Å². The molecule has 0 saturated carbocycles. The second kappa shape index (κ2) is 8.63. The number of para-hydroxylation sites is 1. The Morgan fingerprint density at radius 1 is 1.07 bits per heavy atom. The summed E-state index contributed by atoms with van der Waals surface area (Å²) in [5.74, 6) is -0.175. The lowest BCUT2D eigenvalue weighted by Gasteiger charge is -2.23. The van der Waals surface area contributed by atoms with Gasteiger partial charge < -0.3 is 5.32 Å². The highest BCUT2D eigenvalue weighted by molar-refractivity contribution is 7.10. The average molecular weight is 375 g/mol. The Labute approximate surface area is 163 Å². The van der Waals surface area contributed by atoms with Crippen LogP contribution in [0.4, 0.5) is 5.69 Å². The van der Waals surface area contributed by atoms with Gasteiger partial charge in [0.2, 0.25) is 5.91 Å². The van der Waals surface area contributed by atoms with Crippen molar-refractivity contribution in [1.82, 2.24) is 5.32 Å². The third-order valence-electron chi connectivity index (χ3n) is 4.35. The number of benzene rings is 2. The molecule has 3 rings (SSSR count). The first kappa shape index (κ1) is 18.8. The molecule has 27 heavy (non-hydrogen) atoms. The number of hydrogen-bond donors (Lipinski definition) is 2. The van der Waals surface area contributed by atoms with E-state index in [1.54, 1.807) is 35.6 Å². The summed E-state index contributed by atoms with van der Waals surface area (Å²) in [4.78, 5) is 13.8. The fraction of sp³-hybridized carbons (Fsp3) is 0.182. The zero-order chi connectivity index (χ0) is 19.2. The van der Waals surface area contributed by atoms with Crippen LogP contribution in [-0.4, -0.2) is 11.9 Å². The van der Waals surface area contributed by atoms with Crippen molar-refractivity contribution in [2.45, 2.75) is 25.9 Å². The van der Waals surface area contributed by atoms with E-state index in [0.717, 1.165) is 10.4 Å². The molecule has 5 heteroatoms. The number of hydrogen-bond acceptors (Lipinski definition) is 4. The van der Waals surface area contributed by atoms with Crippen LogP contribution in [0.5, 0.6) is 0 Å². The van der Waals surface area contributed by atoms with E-state index in [-0.39, 0.29) is 11.9 Å². The molecule has 4 nitrogen and oxygen atoms in total. The predicted octanol–water partition coefficient (Wildman–Crippen LogP) is 4.63. The summed E-state index contributed by atoms with van der Waals surface area (Å²) in [6, 6.07) is 21.0. The molecule has 0 aliphatic rings. The molecular weight excluding hydrogens is 354 g/mol. The molecule has 0 fully saturated rings. The van der Waals surface area contributed by atoms with Crippen molar-refractivity contribution in [3.05, 3.63) is 87.6 Å². The molecule has 0 radical (unpaired) electrons. The second-order valence-electron chi connectivity index (χ2n) is 6.39. The number of nitriles is 1. The highest BCUT2D eigenvalue weighted by Crippen LogP contribution is 2.27. The molecule has 1 amide bonds. The Morgan fingerprint density at radius 2 is 1.81 bits per heavy atom. The van der Waals surface area contributed by atoms with Crippen LogP contribution in [0.15, 0.2) is 66.0 Å². The number of rotatable bonds is 6. The van der Waals surface area contributed by atoms with Crippen LogP contribution >= 0.6 is 11.3 Å². The van der Waals surface area contributed by atoms with Gasteiger partial charge in [0.15, 0.2) is 0 Å². The Morgan fingerprint density at radius 3 is 2.48 bits per heavy atom. The van der Waals surface area contributed by atoms with Crippen molar-refractivity contribution in [3.8, 4) is 6.07 Å². The number of anilines is 1. The van der Waals surface area contributed by atoms with E-state index in [0.29, 0.717) is 11.3 Å². The molecular formula is C22H21N3OS. The summed E-state index contributed by atoms with van der Waals surface area (Å²) < 4.78 is 0. The monoisotopic (exact) mass is 375 g/mol. The van der Waals surface area contributed by atoms with Crippen molar-refractivity contribution >= 4 is 22.9 Å². The summed E-state index contributed by atoms with van der Waals surface area (Å²) in [7, 11) is 0. The average Bonchev–Trinajstić information content (AvgIpc) is 3.21. The molecule has 0 aliphatic carbocycles. The third-order valence-corrected chi connectivity index (χ3v) is 5.29. The van der Waals surface area contributed by atoms with Crippen LogP contribution in [0.3, 0.4) is 0 Å². The molecule has 0 spiro atoms. The zero-order valence-corrected chi connectivity index (χ0v) is 16.1. The number of amides is 1. The summed E-state index contributed by atoms with van der Waals surface area (Å²) in [6.45, 7) is 3.89. The van der Waals surface area contributed by atoms with Gasteiger partial charge in [-0.05, 0) is 43.0 Å². The van der Waals surface area contributed by atoms with E-state index in [1.807, 2.05) is 18.4 Å². The highest BCUT2D eigenvalue weighted by Gasteiger charge is 2.22. The van der Waals surface area contributed by atoms with Gasteiger partial charge in [-0.2, -0.15) is 5.26 Å². The van der Waals surface area contributed by atoms with Gasteiger partial charge in [-0.15, -0.1) is 11.3 Å². The van der Waals surface area contributed by atoms with Gasteiger partial charge in [0.1, 0.15) is 6.07 Å². The minimum atomic E-state index is -0.440. The van der Waals surface area contributed by atoms with Crippen LogP contribution < -0.4 is 10.6 Å². The Bertz CT molecular complexity index is 942. The number of carbonyl (C=O) groups excluding carboxylic acids is 1. The Balaban J connectivity index is 1.78. The molecule has 2 aromatic carbocycles. The first-order valence-electron chi connectivity index (χ1n) is 8.74. The molecule has 2 N–H and O–H groups in total. The summed E-state index contributed by atoms with van der Waals surface area (Å²) >= 11 is 1.66. The van der Waals surface area contributed by atoms with Crippen LogP contribution in [0.2, 0.25) is 0 Å². The molecule has 1 aromatic heterocycles. The van der Waals surface area contributed by atoms with Crippen molar-refractivity contribution in [2.24, 2.45) is 0 Å². The molecule has 0 bridgehead atoms. The van der Waals surface area contributed by atoms with E-state index in [2.05, 4.69) is 54.0 Å². The van der Waals surface area contributed by atoms with E-state index in [1.165, 1.54) is 5.56 Å². The van der Waals surface area contributed by atoms with Gasteiger partial charge in [-0.25, -0.2) is 0 Å². The predicted molar refractivity (Wildman–Crippen MR) is 110 cm³/mol. The Hall–Kier alpha value is -2.94. The van der Waals surface area contributed by atoms with Crippen molar-refractivity contribution in [3.63, 3.8) is 0 Å². The normalized spacial score (nSPS) is 12.8. The van der Waals surface area contributed by atoms with Gasteiger partial charge in [-0.1, -0.05) is 48.0 Å². The maximum Gasteiger partial charge on any atom is 0.241 e. The largest absolute Gasteiger partial charge is 0.324 e. The molecule has 1 heterocycles. The molecule has 0 unspecified atom stereocenters. The van der Waals surface area contributed by atoms with E-state index in [4.69, 9.17) is 0 Å². The lowest BCUT2D eigenvalue weighted by molar-refractivity contribution is -0.117. The minimum Gasteiger partial charge on any atom is -0.324 e. The molecule has 136 valence electrons. The summed E-state index contributed by atoms with van der Waals surface area (Å²) in [5.41, 5.74) is 3.29. The first-order valence-corrected chi connectivity index (χ1v) is 9.62. The maximum atomic E-state index is 12.7. The summed E-state index contributed by atoms with van der Waals surface area (Å²) in [5, 5.41) is 17.5. The number of nitrogens with zero attached hydrogens (tertiary/aromatic N) is 1. The van der Waals surface area contributed by atoms with Gasteiger partial charge >= 0.3 is 0 Å². The second-order valence-corrected chi connectivity index (χ2v) is 7.37. The van der Waals surface area contributed by atoms with Gasteiger partial charge in [0, 0.05) is 4.88 Å². The fourth-order valence-corrected chi connectivity index (χ4v) is 3.62. The lowest BCUT2D eigenvalue weighted by atomic mass is 10.0. The number of carbonyl (C=O) groups is 1. The van der Waals surface area contributed by atoms with Crippen LogP contribution in [0.25, 0.3) is 0 Å². The lowest BCUT2D eigenvalue weighted by Crippen LogP contribution is -2.40. The number of aryl methyl sites for hydroxylation is 1. The SMILES string of the molecule is Cc1ccc([C@@H](N[C@H](C)C(=O)Nc2ccccc2C#N)c2cccs2)cc1. The van der Waals surface area contributed by atoms with E-state index < -0.39 is 6.04 Å². The minimum absolute atomic E-state index is 0.0717. The third kappa shape index (κ3) is 4.62. The van der Waals surface area contributed by atoms with E-state index in [9.17, 15) is 10.1 Å². The van der Waals surface area contributed by atoms with Gasteiger partial charge in [0.25, 0.3) is 0 Å². The van der Waals surface area contributed by atoms with Crippen LogP contribution in [0.1, 0.15) is 34.5 Å². The number of nitrogens with one attached hydrogen (secondary N) is 2. The smallest absolute Gasteiger partial charge is 0.241 e. The highest BCUT2D eigenvalue weighted by atomic mass is 32.1. The van der Waals surface area contributed by atoms with Crippen LogP contribution in [-0.2, 0) is 4.79 Å². The topological polar surface area (TPSA) is 64.9 Å². The Kier molecular flexibility index (Phi) is 6.02. The van der Waals surface area contributed by atoms with Crippen molar-refractivity contribution in [2.75, 3.05) is 5.32 Å². The van der Waals surface area contributed by atoms with Crippen LogP contribution in [0, 0.1) is 18.3 Å². The number of thiophene rings is 1. The standard InChI is InChI=1S/C22H21N3OS/c1-15-9-11-17(12-10-15)21(20-8-5-13-27-20)24-16(2)22(26)25-19-7-4-3-6-18(19)14-23/h3-13,16,21,24H,1-2H3,(H,25,26)/t16-,21-/m1/s1. The van der Waals surface area contributed by atoms with Crippen molar-refractivity contribution < 1.29 is 4.79 Å². The van der Waals surface area contributed by atoms with Gasteiger partial charge in [0.05, 0.1) is 23.3 Å². The molecule has 0 saturated heterocycles.